The number of likely N-dealkylation sites (N-methyl/N-ethyl adjacent to an activating group) is 1. The fourth-order valence-corrected chi connectivity index (χ4v) is 3.29. The number of aliphatic carboxylic acids is 1. The molecule has 6 nitrogen and oxygen atoms in total. The van der Waals surface area contributed by atoms with Crippen LogP contribution in [0.4, 0.5) is 0 Å². The molecule has 0 fully saturated rings. The van der Waals surface area contributed by atoms with Crippen molar-refractivity contribution >= 4 is 11.9 Å². The largest absolute Gasteiger partial charge is 0.488 e. The van der Waals surface area contributed by atoms with Crippen molar-refractivity contribution in [3.05, 3.63) is 64.2 Å². The SMILES string of the molecule is CCN(CC(=O)NCC(=O)O)Cc1cc(C)c(OCc2cccc(C)c2)c(C)c1. The van der Waals surface area contributed by atoms with E-state index in [1.165, 1.54) is 5.56 Å². The monoisotopic (exact) mass is 398 g/mol. The molecule has 156 valence electrons. The molecule has 0 aromatic heterocycles. The van der Waals surface area contributed by atoms with Crippen molar-refractivity contribution in [3.63, 3.8) is 0 Å². The molecule has 0 saturated carbocycles. The van der Waals surface area contributed by atoms with E-state index >= 15 is 0 Å². The molecule has 29 heavy (non-hydrogen) atoms. The lowest BCUT2D eigenvalue weighted by molar-refractivity contribution is -0.138. The number of carbonyl (C=O) groups excluding carboxylic acids is 1. The second kappa shape index (κ2) is 10.6. The van der Waals surface area contributed by atoms with Crippen LogP contribution >= 0.6 is 0 Å². The summed E-state index contributed by atoms with van der Waals surface area (Å²) in [4.78, 5) is 24.5. The van der Waals surface area contributed by atoms with Crippen LogP contribution in [-0.2, 0) is 22.7 Å². The molecule has 1 amide bonds. The number of carboxylic acid groups (broad SMARTS) is 1. The fourth-order valence-electron chi connectivity index (χ4n) is 3.29. The third kappa shape index (κ3) is 7.23. The van der Waals surface area contributed by atoms with Crippen LogP contribution in [0.15, 0.2) is 36.4 Å². The Balaban J connectivity index is 2.01. The van der Waals surface area contributed by atoms with Gasteiger partial charge in [0.15, 0.2) is 0 Å². The van der Waals surface area contributed by atoms with E-state index < -0.39 is 5.97 Å². The smallest absolute Gasteiger partial charge is 0.322 e. The molecule has 2 aromatic rings. The zero-order chi connectivity index (χ0) is 21.4. The summed E-state index contributed by atoms with van der Waals surface area (Å²) in [7, 11) is 0. The van der Waals surface area contributed by atoms with E-state index in [4.69, 9.17) is 9.84 Å². The third-order valence-electron chi connectivity index (χ3n) is 4.64. The van der Waals surface area contributed by atoms with Crippen molar-refractivity contribution in [2.75, 3.05) is 19.6 Å². The minimum absolute atomic E-state index is 0.160. The normalized spacial score (nSPS) is 10.8. The zero-order valence-electron chi connectivity index (χ0n) is 17.6. The first-order valence-electron chi connectivity index (χ1n) is 9.77. The number of hydrogen-bond acceptors (Lipinski definition) is 4. The van der Waals surface area contributed by atoms with Crippen LogP contribution in [0.2, 0.25) is 0 Å². The number of aryl methyl sites for hydroxylation is 3. The zero-order valence-corrected chi connectivity index (χ0v) is 17.6. The van der Waals surface area contributed by atoms with E-state index in [2.05, 4.69) is 42.6 Å². The standard InChI is InChI=1S/C23H30N2O4/c1-5-25(14-21(26)24-12-22(27)28)13-20-10-17(3)23(18(4)11-20)29-15-19-8-6-7-16(2)9-19/h6-11H,5,12-15H2,1-4H3,(H,24,26)(H,27,28). The van der Waals surface area contributed by atoms with Gasteiger partial charge in [-0.3, -0.25) is 14.5 Å². The summed E-state index contributed by atoms with van der Waals surface area (Å²) in [6.45, 7) is 9.71. The third-order valence-corrected chi connectivity index (χ3v) is 4.64. The Labute approximate surface area is 172 Å². The summed E-state index contributed by atoms with van der Waals surface area (Å²) in [6.07, 6.45) is 0. The van der Waals surface area contributed by atoms with E-state index in [9.17, 15) is 9.59 Å². The highest BCUT2D eigenvalue weighted by atomic mass is 16.5. The van der Waals surface area contributed by atoms with Crippen LogP contribution in [0.3, 0.4) is 0 Å². The highest BCUT2D eigenvalue weighted by Crippen LogP contribution is 2.26. The number of benzene rings is 2. The Kier molecular flexibility index (Phi) is 8.21. The van der Waals surface area contributed by atoms with Crippen LogP contribution < -0.4 is 10.1 Å². The van der Waals surface area contributed by atoms with Crippen molar-refractivity contribution < 1.29 is 19.4 Å². The van der Waals surface area contributed by atoms with Gasteiger partial charge in [-0.05, 0) is 49.6 Å². The van der Waals surface area contributed by atoms with E-state index in [-0.39, 0.29) is 19.0 Å². The summed E-state index contributed by atoms with van der Waals surface area (Å²) in [5.74, 6) is -0.452. The van der Waals surface area contributed by atoms with Gasteiger partial charge < -0.3 is 15.2 Å². The predicted molar refractivity (Wildman–Crippen MR) is 113 cm³/mol. The molecule has 0 aliphatic heterocycles. The van der Waals surface area contributed by atoms with Crippen molar-refractivity contribution in [1.29, 1.82) is 0 Å². The van der Waals surface area contributed by atoms with Crippen LogP contribution in [0, 0.1) is 20.8 Å². The molecule has 0 spiro atoms. The fraction of sp³-hybridized carbons (Fsp3) is 0.391. The number of rotatable bonds is 10. The van der Waals surface area contributed by atoms with E-state index in [1.807, 2.05) is 31.7 Å². The quantitative estimate of drug-likeness (QED) is 0.642. The van der Waals surface area contributed by atoms with Gasteiger partial charge in [0.05, 0.1) is 6.54 Å². The molecule has 2 aromatic carbocycles. The van der Waals surface area contributed by atoms with Crippen molar-refractivity contribution in [2.24, 2.45) is 0 Å². The van der Waals surface area contributed by atoms with Crippen molar-refractivity contribution in [2.45, 2.75) is 40.8 Å². The molecular weight excluding hydrogens is 368 g/mol. The average Bonchev–Trinajstić information content (AvgIpc) is 2.65. The van der Waals surface area contributed by atoms with E-state index in [1.54, 1.807) is 0 Å². The first-order valence-corrected chi connectivity index (χ1v) is 9.77. The molecule has 0 unspecified atom stereocenters. The Morgan fingerprint density at radius 2 is 1.76 bits per heavy atom. The summed E-state index contributed by atoms with van der Waals surface area (Å²) >= 11 is 0. The molecule has 0 aliphatic rings. The van der Waals surface area contributed by atoms with Gasteiger partial charge in [-0.2, -0.15) is 0 Å². The molecule has 6 heteroatoms. The predicted octanol–water partition coefficient (Wildman–Crippen LogP) is 3.21. The summed E-state index contributed by atoms with van der Waals surface area (Å²) in [5, 5.41) is 11.1. The molecule has 0 heterocycles. The maximum atomic E-state index is 11.9. The topological polar surface area (TPSA) is 78.9 Å². The Morgan fingerprint density at radius 3 is 2.34 bits per heavy atom. The number of nitrogens with one attached hydrogen (secondary N) is 1. The molecule has 2 rings (SSSR count). The number of ether oxygens (including phenoxy) is 1. The summed E-state index contributed by atoms with van der Waals surface area (Å²) in [6, 6.07) is 12.4. The van der Waals surface area contributed by atoms with Crippen LogP contribution in [0.25, 0.3) is 0 Å². The molecule has 0 bridgehead atoms. The number of hydrogen-bond donors (Lipinski definition) is 2. The van der Waals surface area contributed by atoms with Gasteiger partial charge in [-0.25, -0.2) is 0 Å². The van der Waals surface area contributed by atoms with Crippen molar-refractivity contribution in [1.82, 2.24) is 10.2 Å². The van der Waals surface area contributed by atoms with E-state index in [0.29, 0.717) is 19.7 Å². The summed E-state index contributed by atoms with van der Waals surface area (Å²) < 4.78 is 6.08. The Morgan fingerprint density at radius 1 is 1.07 bits per heavy atom. The first-order chi connectivity index (χ1) is 13.8. The van der Waals surface area contributed by atoms with Gasteiger partial charge in [0.1, 0.15) is 18.9 Å². The highest BCUT2D eigenvalue weighted by Gasteiger charge is 2.13. The van der Waals surface area contributed by atoms with Gasteiger partial charge >= 0.3 is 5.97 Å². The average molecular weight is 399 g/mol. The molecule has 0 saturated heterocycles. The van der Waals surface area contributed by atoms with E-state index in [0.717, 1.165) is 28.0 Å². The Hall–Kier alpha value is -2.86. The lowest BCUT2D eigenvalue weighted by atomic mass is 10.0. The number of amides is 1. The second-order valence-electron chi connectivity index (χ2n) is 7.31. The number of nitrogens with zero attached hydrogens (tertiary/aromatic N) is 1. The van der Waals surface area contributed by atoms with Gasteiger partial charge in [0.25, 0.3) is 0 Å². The van der Waals surface area contributed by atoms with Gasteiger partial charge in [0, 0.05) is 6.54 Å². The molecular formula is C23H30N2O4. The summed E-state index contributed by atoms with van der Waals surface area (Å²) in [5.41, 5.74) is 5.55. The molecule has 2 N–H and O–H groups in total. The Bertz CT molecular complexity index is 841. The first kappa shape index (κ1) is 22.4. The van der Waals surface area contributed by atoms with Crippen LogP contribution in [0.1, 0.15) is 34.7 Å². The maximum Gasteiger partial charge on any atom is 0.322 e. The van der Waals surface area contributed by atoms with Crippen LogP contribution in [0.5, 0.6) is 5.75 Å². The van der Waals surface area contributed by atoms with Gasteiger partial charge in [-0.1, -0.05) is 48.9 Å². The molecule has 0 atom stereocenters. The molecule has 0 radical (unpaired) electrons. The lowest BCUT2D eigenvalue weighted by Crippen LogP contribution is -2.39. The maximum absolute atomic E-state index is 11.9. The molecule has 0 aliphatic carbocycles. The highest BCUT2D eigenvalue weighted by molar-refractivity contribution is 5.82. The minimum atomic E-state index is -1.05. The minimum Gasteiger partial charge on any atom is -0.488 e. The second-order valence-corrected chi connectivity index (χ2v) is 7.31. The van der Waals surface area contributed by atoms with Gasteiger partial charge in [-0.15, -0.1) is 0 Å². The number of carbonyl (C=O) groups is 2. The number of carboxylic acids is 1. The van der Waals surface area contributed by atoms with Crippen molar-refractivity contribution in [3.8, 4) is 5.75 Å². The van der Waals surface area contributed by atoms with Gasteiger partial charge in [0.2, 0.25) is 5.91 Å². The van der Waals surface area contributed by atoms with Crippen LogP contribution in [-0.4, -0.2) is 41.5 Å². The lowest BCUT2D eigenvalue weighted by Gasteiger charge is -2.21.